The molecule has 17 heavy (non-hydrogen) atoms. The summed E-state index contributed by atoms with van der Waals surface area (Å²) in [7, 11) is -2.92. The number of aliphatic carboxylic acids is 1. The predicted molar refractivity (Wildman–Crippen MR) is 53.3 cm³/mol. The van der Waals surface area contributed by atoms with Crippen molar-refractivity contribution in [2.75, 3.05) is 0 Å². The maximum absolute atomic E-state index is 10.0. The van der Waals surface area contributed by atoms with Crippen LogP contribution in [0.3, 0.4) is 0 Å². The van der Waals surface area contributed by atoms with Crippen LogP contribution in [0.5, 0.6) is 0 Å². The summed E-state index contributed by atoms with van der Waals surface area (Å²) in [5.74, 6) is -0.925. The predicted octanol–water partition coefficient (Wildman–Crippen LogP) is -2.22. The molecule has 0 aromatic rings. The van der Waals surface area contributed by atoms with Crippen molar-refractivity contribution in [3.63, 3.8) is 0 Å². The van der Waals surface area contributed by atoms with E-state index in [1.165, 1.54) is 6.42 Å². The molecule has 0 saturated heterocycles. The third-order valence-corrected chi connectivity index (χ3v) is 1.81. The molecule has 0 radical (unpaired) electrons. The minimum Gasteiger partial charge on any atom is -0.907 e. The summed E-state index contributed by atoms with van der Waals surface area (Å²) >= 11 is 0. The van der Waals surface area contributed by atoms with Gasteiger partial charge in [-0.2, -0.15) is 0 Å². The third kappa shape index (κ3) is 38.8. The second kappa shape index (κ2) is 12.4. The van der Waals surface area contributed by atoms with Crippen molar-refractivity contribution in [1.82, 2.24) is 0 Å². The van der Waals surface area contributed by atoms with Crippen molar-refractivity contribution in [1.29, 1.82) is 0 Å². The van der Waals surface area contributed by atoms with Gasteiger partial charge in [-0.15, -0.1) is 0 Å². The van der Waals surface area contributed by atoms with Crippen LogP contribution >= 0.6 is 0 Å². The van der Waals surface area contributed by atoms with Crippen LogP contribution < -0.4 is 20.2 Å². The molecule has 0 atom stereocenters. The summed E-state index contributed by atoms with van der Waals surface area (Å²) in [5.41, 5.74) is 0.376. The average molecular weight is 289 g/mol. The van der Waals surface area contributed by atoms with Gasteiger partial charge in [-0.25, -0.2) is 0 Å². The summed E-state index contributed by atoms with van der Waals surface area (Å²) in [4.78, 5) is 10.0. The number of carboxylic acid groups (broad SMARTS) is 1. The minimum atomic E-state index is -2.92. The van der Waals surface area contributed by atoms with Crippen molar-refractivity contribution < 1.29 is 41.5 Å². The standard InChI is InChI=1S/C10H20O2.BO3.Ni/c1-10(2,3)8-6-4-5-7-9(11)12;2-1(3)4;/h4-8H2,1-3H3,(H,11,12);;/q;-3;/p-1. The first-order valence-corrected chi connectivity index (χ1v) is 5.32. The number of carbonyl (C=O) groups is 1. The van der Waals surface area contributed by atoms with E-state index in [1.807, 2.05) is 0 Å². The maximum atomic E-state index is 10.0. The van der Waals surface area contributed by atoms with Gasteiger partial charge in [0.25, 0.3) is 0 Å². The van der Waals surface area contributed by atoms with Crippen LogP contribution in [0.1, 0.15) is 52.9 Å². The molecule has 0 bridgehead atoms. The van der Waals surface area contributed by atoms with E-state index in [0.717, 1.165) is 19.3 Å². The van der Waals surface area contributed by atoms with Gasteiger partial charge in [0.15, 0.2) is 0 Å². The van der Waals surface area contributed by atoms with Crippen LogP contribution in [0.15, 0.2) is 0 Å². The van der Waals surface area contributed by atoms with Crippen molar-refractivity contribution in [2.45, 2.75) is 52.9 Å². The Bertz CT molecular complexity index is 179. The Kier molecular flexibility index (Phi) is 16.1. The van der Waals surface area contributed by atoms with Crippen molar-refractivity contribution in [3.8, 4) is 0 Å². The Labute approximate surface area is 113 Å². The van der Waals surface area contributed by atoms with E-state index in [0.29, 0.717) is 5.41 Å². The topological polar surface area (TPSA) is 109 Å². The van der Waals surface area contributed by atoms with Crippen LogP contribution in [0.25, 0.3) is 0 Å². The Morgan fingerprint density at radius 1 is 1.06 bits per heavy atom. The molecule has 0 aromatic heterocycles. The van der Waals surface area contributed by atoms with E-state index in [9.17, 15) is 9.90 Å². The molecule has 0 aliphatic rings. The van der Waals surface area contributed by atoms with E-state index >= 15 is 0 Å². The zero-order valence-electron chi connectivity index (χ0n) is 10.5. The Hall–Kier alpha value is -0.0916. The van der Waals surface area contributed by atoms with Crippen LogP contribution in [0.4, 0.5) is 0 Å². The van der Waals surface area contributed by atoms with Crippen LogP contribution in [0, 0.1) is 5.41 Å². The number of rotatable bonds is 5. The number of carboxylic acids is 1. The molecule has 0 heterocycles. The van der Waals surface area contributed by atoms with Gasteiger partial charge in [-0.05, 0) is 24.7 Å². The van der Waals surface area contributed by atoms with E-state index < -0.39 is 13.3 Å². The van der Waals surface area contributed by atoms with Crippen molar-refractivity contribution in [3.05, 3.63) is 0 Å². The fourth-order valence-electron chi connectivity index (χ4n) is 1.10. The molecule has 106 valence electrons. The largest absolute Gasteiger partial charge is 0.907 e. The summed E-state index contributed by atoms with van der Waals surface area (Å²) in [6.07, 6.45) is 4.27. The first kappa shape index (κ1) is 22.1. The zero-order valence-corrected chi connectivity index (χ0v) is 11.5. The molecule has 5 nitrogen and oxygen atoms in total. The first-order chi connectivity index (χ1) is 7.15. The Balaban J connectivity index is -0.000000340. The first-order valence-electron chi connectivity index (χ1n) is 5.32. The normalized spacial score (nSPS) is 9.76. The maximum Gasteiger partial charge on any atom is 0.0414 e. The molecule has 7 heteroatoms. The number of unbranched alkanes of at least 4 members (excludes halogenated alkanes) is 2. The van der Waals surface area contributed by atoms with Gasteiger partial charge in [0, 0.05) is 22.5 Å². The second-order valence-corrected chi connectivity index (χ2v) is 4.78. The van der Waals surface area contributed by atoms with Crippen LogP contribution in [-0.2, 0) is 21.3 Å². The second-order valence-electron chi connectivity index (χ2n) is 4.78. The summed E-state index contributed by atoms with van der Waals surface area (Å²) in [5, 5.41) is 35.3. The fraction of sp³-hybridized carbons (Fsp3) is 0.900. The molecule has 0 saturated carbocycles. The molecule has 0 aromatic carbocycles. The number of hydrogen-bond acceptors (Lipinski definition) is 5. The van der Waals surface area contributed by atoms with Gasteiger partial charge in [0.1, 0.15) is 0 Å². The van der Waals surface area contributed by atoms with Gasteiger partial charge in [-0.3, -0.25) is 7.32 Å². The average Bonchev–Trinajstić information content (AvgIpc) is 1.99. The molecule has 0 unspecified atom stereocenters. The quantitative estimate of drug-likeness (QED) is 0.420. The monoisotopic (exact) mass is 288 g/mol. The number of carbonyl (C=O) groups excluding carboxylic acids is 1. The molecule has 0 aliphatic heterocycles. The van der Waals surface area contributed by atoms with Gasteiger partial charge in [0.2, 0.25) is 0 Å². The molecule has 0 aliphatic carbocycles. The summed E-state index contributed by atoms with van der Waals surface area (Å²) < 4.78 is 0. The Morgan fingerprint density at radius 2 is 1.47 bits per heavy atom. The molecular formula is C10H19BNiO5-4. The Morgan fingerprint density at radius 3 is 1.76 bits per heavy atom. The fourth-order valence-corrected chi connectivity index (χ4v) is 1.10. The molecule has 0 fully saturated rings. The van der Waals surface area contributed by atoms with Gasteiger partial charge in [0.05, 0.1) is 0 Å². The van der Waals surface area contributed by atoms with Gasteiger partial charge >= 0.3 is 0 Å². The molecule has 0 N–H and O–H groups in total. The SMILES string of the molecule is CC(C)(C)CCCCCC(=O)[O-].[Ni].[O-]B([O-])[O-]. The number of hydrogen-bond donors (Lipinski definition) is 0. The summed E-state index contributed by atoms with van der Waals surface area (Å²) in [6, 6.07) is 0. The van der Waals surface area contributed by atoms with Gasteiger partial charge < -0.3 is 25.0 Å². The molecule has 0 amide bonds. The smallest absolute Gasteiger partial charge is 0.0414 e. The third-order valence-electron chi connectivity index (χ3n) is 1.81. The van der Waals surface area contributed by atoms with Crippen molar-refractivity contribution in [2.24, 2.45) is 5.41 Å². The molecule has 0 spiro atoms. The molecular weight excluding hydrogens is 270 g/mol. The summed E-state index contributed by atoms with van der Waals surface area (Å²) in [6.45, 7) is 6.60. The van der Waals surface area contributed by atoms with E-state index in [4.69, 9.17) is 15.1 Å². The van der Waals surface area contributed by atoms with E-state index in [2.05, 4.69) is 20.8 Å². The molecule has 0 rings (SSSR count). The minimum absolute atomic E-state index is 0. The van der Waals surface area contributed by atoms with E-state index in [1.54, 1.807) is 0 Å². The van der Waals surface area contributed by atoms with E-state index in [-0.39, 0.29) is 22.9 Å². The van der Waals surface area contributed by atoms with Crippen LogP contribution in [0.2, 0.25) is 0 Å². The zero-order chi connectivity index (χ0) is 13.2. The van der Waals surface area contributed by atoms with Crippen LogP contribution in [-0.4, -0.2) is 13.3 Å². The van der Waals surface area contributed by atoms with Crippen molar-refractivity contribution >= 4 is 13.3 Å². The van der Waals surface area contributed by atoms with Gasteiger partial charge in [-0.1, -0.05) is 33.6 Å².